The molecule has 0 amide bonds. The van der Waals surface area contributed by atoms with E-state index < -0.39 is 49.8 Å². The molecule has 1 aliphatic heterocycles. The molecule has 1 atom stereocenters. The van der Waals surface area contributed by atoms with E-state index in [1.54, 1.807) is 12.1 Å². The van der Waals surface area contributed by atoms with Crippen LogP contribution >= 0.6 is 0 Å². The van der Waals surface area contributed by atoms with Crippen molar-refractivity contribution in [1.29, 1.82) is 0 Å². The highest BCUT2D eigenvalue weighted by atomic mass is 32.2. The molecule has 1 aromatic heterocycles. The maximum atomic E-state index is 15.0. The van der Waals surface area contributed by atoms with Crippen LogP contribution in [0.3, 0.4) is 0 Å². The van der Waals surface area contributed by atoms with Crippen LogP contribution in [0, 0.1) is 24.4 Å². The summed E-state index contributed by atoms with van der Waals surface area (Å²) in [6.07, 6.45) is -1.34. The summed E-state index contributed by atoms with van der Waals surface area (Å²) < 4.78 is 84.2. The first-order valence-corrected chi connectivity index (χ1v) is 10.9. The summed E-state index contributed by atoms with van der Waals surface area (Å²) in [5.74, 6) is -3.56. The number of nitrogens with zero attached hydrogens (tertiary/aromatic N) is 2. The molecule has 5 nitrogen and oxygen atoms in total. The van der Waals surface area contributed by atoms with Gasteiger partial charge in [0, 0.05) is 18.5 Å². The third-order valence-electron chi connectivity index (χ3n) is 5.40. The van der Waals surface area contributed by atoms with Gasteiger partial charge >= 0.3 is 0 Å². The number of pyridine rings is 1. The first-order chi connectivity index (χ1) is 14.6. The van der Waals surface area contributed by atoms with Crippen LogP contribution in [0.5, 0.6) is 0 Å². The zero-order valence-corrected chi connectivity index (χ0v) is 17.2. The van der Waals surface area contributed by atoms with Crippen molar-refractivity contribution in [3.63, 3.8) is 0 Å². The minimum absolute atomic E-state index is 0.00358. The predicted octanol–water partition coefficient (Wildman–Crippen LogP) is 3.85. The lowest BCUT2D eigenvalue weighted by molar-refractivity contribution is 0.282. The van der Waals surface area contributed by atoms with Crippen molar-refractivity contribution < 1.29 is 31.1 Å². The van der Waals surface area contributed by atoms with E-state index in [0.717, 1.165) is 4.31 Å². The van der Waals surface area contributed by atoms with Gasteiger partial charge in [0.25, 0.3) is 0 Å². The lowest BCUT2D eigenvalue weighted by Gasteiger charge is -2.17. The van der Waals surface area contributed by atoms with E-state index in [1.807, 2.05) is 0 Å². The molecule has 2 heterocycles. The van der Waals surface area contributed by atoms with E-state index in [0.29, 0.717) is 23.1 Å². The van der Waals surface area contributed by atoms with Crippen molar-refractivity contribution in [3.05, 3.63) is 58.9 Å². The lowest BCUT2D eigenvalue weighted by atomic mass is 10.0. The zero-order chi connectivity index (χ0) is 22.5. The van der Waals surface area contributed by atoms with Gasteiger partial charge in [-0.2, -0.15) is 4.31 Å². The monoisotopic (exact) mass is 454 g/mol. The maximum absolute atomic E-state index is 15.0. The molecule has 0 spiro atoms. The Morgan fingerprint density at radius 2 is 1.84 bits per heavy atom. The van der Waals surface area contributed by atoms with E-state index in [-0.39, 0.29) is 37.2 Å². The Morgan fingerprint density at radius 1 is 1.16 bits per heavy atom. The van der Waals surface area contributed by atoms with Gasteiger partial charge in [-0.1, -0.05) is 12.1 Å². The second kappa shape index (κ2) is 7.85. The quantitative estimate of drug-likeness (QED) is 0.608. The molecule has 1 N–H and O–H groups in total. The van der Waals surface area contributed by atoms with Crippen molar-refractivity contribution in [1.82, 2.24) is 9.29 Å². The molecule has 1 fully saturated rings. The molecule has 164 valence electrons. The number of halogens is 4. The van der Waals surface area contributed by atoms with Crippen molar-refractivity contribution in [2.24, 2.45) is 0 Å². The fraction of sp³-hybridized carbons (Fsp3) is 0.286. The number of aryl methyl sites for hydroxylation is 1. The van der Waals surface area contributed by atoms with E-state index in [9.17, 15) is 31.1 Å². The van der Waals surface area contributed by atoms with Gasteiger partial charge in [0.05, 0.1) is 22.6 Å². The Morgan fingerprint density at radius 3 is 2.42 bits per heavy atom. The smallest absolute Gasteiger partial charge is 0.243 e. The van der Waals surface area contributed by atoms with E-state index in [2.05, 4.69) is 4.98 Å². The minimum Gasteiger partial charge on any atom is -0.392 e. The van der Waals surface area contributed by atoms with Crippen LogP contribution in [0.25, 0.3) is 22.2 Å². The first-order valence-electron chi connectivity index (χ1n) is 9.46. The third-order valence-corrected chi connectivity index (χ3v) is 7.24. The predicted molar refractivity (Wildman–Crippen MR) is 106 cm³/mol. The van der Waals surface area contributed by atoms with Crippen LogP contribution in [0.4, 0.5) is 17.6 Å². The number of hydrogen-bond donors (Lipinski definition) is 1. The van der Waals surface area contributed by atoms with Gasteiger partial charge in [-0.05, 0) is 42.7 Å². The molecule has 31 heavy (non-hydrogen) atoms. The molecule has 0 bridgehead atoms. The topological polar surface area (TPSA) is 70.5 Å². The fourth-order valence-corrected chi connectivity index (χ4v) is 5.20. The second-order valence-corrected chi connectivity index (χ2v) is 9.36. The van der Waals surface area contributed by atoms with Crippen molar-refractivity contribution in [2.45, 2.75) is 31.0 Å². The highest BCUT2D eigenvalue weighted by Gasteiger charge is 2.34. The number of benzene rings is 2. The Hall–Kier alpha value is -2.56. The van der Waals surface area contributed by atoms with Crippen LogP contribution < -0.4 is 0 Å². The third kappa shape index (κ3) is 3.68. The Labute approximate surface area is 176 Å². The number of rotatable bonds is 4. The molecule has 10 heteroatoms. The molecule has 2 aromatic carbocycles. The second-order valence-electron chi connectivity index (χ2n) is 7.42. The van der Waals surface area contributed by atoms with E-state index in [1.165, 1.54) is 13.0 Å². The summed E-state index contributed by atoms with van der Waals surface area (Å²) in [5, 5.41) is 9.71. The normalized spacial score (nSPS) is 17.5. The van der Waals surface area contributed by atoms with Crippen LogP contribution in [0.1, 0.15) is 17.5 Å². The summed E-state index contributed by atoms with van der Waals surface area (Å²) in [7, 11) is -4.31. The number of aliphatic hydroxyl groups excluding tert-OH is 1. The van der Waals surface area contributed by atoms with Gasteiger partial charge in [-0.25, -0.2) is 31.0 Å². The van der Waals surface area contributed by atoms with E-state index in [4.69, 9.17) is 0 Å². The number of sulfonamides is 1. The SMILES string of the molecule is Cc1c(F)c(-c2c(F)cc(S(=O)(=O)N3CC[C@H](F)C3)cc2F)nc2cc(CO)ccc12. The van der Waals surface area contributed by atoms with Gasteiger partial charge in [-0.15, -0.1) is 0 Å². The van der Waals surface area contributed by atoms with Gasteiger partial charge in [0.2, 0.25) is 10.0 Å². The first kappa shape index (κ1) is 21.7. The Bertz CT molecular complexity index is 1270. The van der Waals surface area contributed by atoms with Crippen molar-refractivity contribution in [2.75, 3.05) is 13.1 Å². The number of aromatic nitrogens is 1. The summed E-state index contributed by atoms with van der Waals surface area (Å²) >= 11 is 0. The largest absolute Gasteiger partial charge is 0.392 e. The summed E-state index contributed by atoms with van der Waals surface area (Å²) in [6.45, 7) is 0.647. The number of fused-ring (bicyclic) bond motifs is 1. The van der Waals surface area contributed by atoms with E-state index >= 15 is 0 Å². The molecule has 0 radical (unpaired) electrons. The van der Waals surface area contributed by atoms with Gasteiger partial charge in [-0.3, -0.25) is 0 Å². The van der Waals surface area contributed by atoms with Crippen molar-refractivity contribution in [3.8, 4) is 11.3 Å². The van der Waals surface area contributed by atoms with Gasteiger partial charge in [0.15, 0.2) is 5.82 Å². The highest BCUT2D eigenvalue weighted by Crippen LogP contribution is 2.34. The fourth-order valence-electron chi connectivity index (χ4n) is 3.70. The number of hydrogen-bond acceptors (Lipinski definition) is 4. The van der Waals surface area contributed by atoms with Crippen molar-refractivity contribution >= 4 is 20.9 Å². The summed E-state index contributed by atoms with van der Waals surface area (Å²) in [5.41, 5.74) is -0.603. The molecule has 1 aliphatic rings. The lowest BCUT2D eigenvalue weighted by Crippen LogP contribution is -2.29. The van der Waals surface area contributed by atoms with Crippen LogP contribution in [-0.4, -0.2) is 42.1 Å². The average molecular weight is 454 g/mol. The summed E-state index contributed by atoms with van der Waals surface area (Å²) in [4.78, 5) is 3.36. The molecular weight excluding hydrogens is 436 g/mol. The molecule has 1 saturated heterocycles. The molecule has 3 aromatic rings. The highest BCUT2D eigenvalue weighted by molar-refractivity contribution is 7.89. The van der Waals surface area contributed by atoms with Crippen LogP contribution in [-0.2, 0) is 16.6 Å². The number of alkyl halides is 1. The zero-order valence-electron chi connectivity index (χ0n) is 16.4. The van der Waals surface area contributed by atoms with Crippen LogP contribution in [0.15, 0.2) is 35.2 Å². The van der Waals surface area contributed by atoms with Crippen LogP contribution in [0.2, 0.25) is 0 Å². The maximum Gasteiger partial charge on any atom is 0.243 e. The molecule has 0 saturated carbocycles. The molecule has 0 aliphatic carbocycles. The molecule has 4 rings (SSSR count). The Balaban J connectivity index is 1.86. The Kier molecular flexibility index (Phi) is 5.48. The standard InChI is InChI=1S/C21H18F4N2O3S/c1-11-15-3-2-12(10-28)6-18(15)26-21(20(11)25)19-16(23)7-14(8-17(19)24)31(29,30)27-5-4-13(22)9-27/h2-3,6-8,13,28H,4-5,9-10H2,1H3/t13-/m0/s1. The number of aliphatic hydroxyl groups is 1. The molecular formula is C21H18F4N2O3S. The molecule has 0 unspecified atom stereocenters. The summed E-state index contributed by atoms with van der Waals surface area (Å²) in [6, 6.07) is 5.78. The van der Waals surface area contributed by atoms with Gasteiger partial charge < -0.3 is 5.11 Å². The minimum atomic E-state index is -4.31. The van der Waals surface area contributed by atoms with Gasteiger partial charge in [0.1, 0.15) is 23.5 Å². The average Bonchev–Trinajstić information content (AvgIpc) is 3.17.